The Labute approximate surface area is 162 Å². The Morgan fingerprint density at radius 2 is 2.15 bits per heavy atom. The predicted molar refractivity (Wildman–Crippen MR) is 103 cm³/mol. The van der Waals surface area contributed by atoms with Gasteiger partial charge in [0.15, 0.2) is 0 Å². The first-order valence-corrected chi connectivity index (χ1v) is 10.5. The molecule has 4 rings (SSSR count). The Kier molecular flexibility index (Phi) is 6.03. The van der Waals surface area contributed by atoms with Crippen molar-refractivity contribution < 1.29 is 9.84 Å². The summed E-state index contributed by atoms with van der Waals surface area (Å²) in [5, 5.41) is 9.22. The number of likely N-dealkylation sites (tertiary alicyclic amines) is 1. The zero-order valence-corrected chi connectivity index (χ0v) is 16.3. The lowest BCUT2D eigenvalue weighted by molar-refractivity contribution is -0.0563. The summed E-state index contributed by atoms with van der Waals surface area (Å²) in [6.45, 7) is 4.64. The van der Waals surface area contributed by atoms with E-state index in [9.17, 15) is 5.11 Å². The summed E-state index contributed by atoms with van der Waals surface area (Å²) in [6.07, 6.45) is 6.89. The minimum absolute atomic E-state index is 0.203. The van der Waals surface area contributed by atoms with Crippen LogP contribution in [0.3, 0.4) is 0 Å². The van der Waals surface area contributed by atoms with Crippen molar-refractivity contribution in [2.24, 2.45) is 5.92 Å². The van der Waals surface area contributed by atoms with E-state index in [0.717, 1.165) is 55.7 Å². The highest BCUT2D eigenvalue weighted by molar-refractivity contribution is 7.19. The second-order valence-electron chi connectivity index (χ2n) is 7.06. The number of piperidine rings is 1. The molecule has 2 aliphatic heterocycles. The topological polar surface area (TPSA) is 61.7 Å². The standard InChI is InChI=1S/C18H25ClN4O2S/c19-17-11-23(6-8-25-17)18(22-4-1-13(2-5-22)3-7-24)15-9-14-16(26-15)10-20-12-21-14/h9-10,12-13,17-18,24H,1-8,11H2. The molecule has 8 heteroatoms. The number of aliphatic hydroxyl groups is 1. The van der Waals surface area contributed by atoms with E-state index in [1.54, 1.807) is 17.7 Å². The molecular formula is C18H25ClN4O2S. The number of fused-ring (bicyclic) bond motifs is 1. The van der Waals surface area contributed by atoms with Crippen LogP contribution in [0.15, 0.2) is 18.6 Å². The Balaban J connectivity index is 1.59. The number of nitrogens with zero attached hydrogens (tertiary/aromatic N) is 4. The average Bonchev–Trinajstić information content (AvgIpc) is 3.07. The lowest BCUT2D eigenvalue weighted by Crippen LogP contribution is -2.50. The number of halogens is 1. The summed E-state index contributed by atoms with van der Waals surface area (Å²) in [7, 11) is 0. The summed E-state index contributed by atoms with van der Waals surface area (Å²) in [5.41, 5.74) is 0.753. The van der Waals surface area contributed by atoms with Crippen molar-refractivity contribution in [2.45, 2.75) is 31.0 Å². The molecule has 4 heterocycles. The van der Waals surface area contributed by atoms with Crippen molar-refractivity contribution in [1.29, 1.82) is 0 Å². The number of aliphatic hydroxyl groups excluding tert-OH is 1. The largest absolute Gasteiger partial charge is 0.396 e. The lowest BCUT2D eigenvalue weighted by atomic mass is 9.93. The molecule has 2 saturated heterocycles. The van der Waals surface area contributed by atoms with Gasteiger partial charge >= 0.3 is 0 Å². The van der Waals surface area contributed by atoms with E-state index in [1.165, 1.54) is 4.88 Å². The molecular weight excluding hydrogens is 372 g/mol. The number of ether oxygens (including phenoxy) is 1. The Bertz CT molecular complexity index is 689. The van der Waals surface area contributed by atoms with Crippen LogP contribution in [0.2, 0.25) is 0 Å². The lowest BCUT2D eigenvalue weighted by Gasteiger charge is -2.44. The first-order chi connectivity index (χ1) is 12.7. The fraction of sp³-hybridized carbons (Fsp3) is 0.667. The van der Waals surface area contributed by atoms with E-state index in [1.807, 2.05) is 6.20 Å². The quantitative estimate of drug-likeness (QED) is 0.784. The van der Waals surface area contributed by atoms with E-state index in [2.05, 4.69) is 25.8 Å². The van der Waals surface area contributed by atoms with E-state index in [-0.39, 0.29) is 11.7 Å². The van der Waals surface area contributed by atoms with Crippen LogP contribution in [0.1, 0.15) is 30.3 Å². The van der Waals surface area contributed by atoms with Gasteiger partial charge in [0.05, 0.1) is 23.0 Å². The number of hydrogen-bond donors (Lipinski definition) is 1. The maximum absolute atomic E-state index is 9.22. The van der Waals surface area contributed by atoms with Gasteiger partial charge in [-0.3, -0.25) is 9.80 Å². The third-order valence-electron chi connectivity index (χ3n) is 5.40. The molecule has 6 nitrogen and oxygen atoms in total. The maximum Gasteiger partial charge on any atom is 0.143 e. The summed E-state index contributed by atoms with van der Waals surface area (Å²) in [6, 6.07) is 2.20. The molecule has 2 atom stereocenters. The Morgan fingerprint density at radius 3 is 2.88 bits per heavy atom. The number of thiophene rings is 1. The number of hydrogen-bond acceptors (Lipinski definition) is 7. The Morgan fingerprint density at radius 1 is 1.31 bits per heavy atom. The first kappa shape index (κ1) is 18.5. The molecule has 0 spiro atoms. The molecule has 26 heavy (non-hydrogen) atoms. The van der Waals surface area contributed by atoms with Gasteiger partial charge in [0.25, 0.3) is 0 Å². The van der Waals surface area contributed by atoms with Gasteiger partial charge < -0.3 is 9.84 Å². The monoisotopic (exact) mass is 396 g/mol. The molecule has 0 saturated carbocycles. The number of alkyl halides is 1. The molecule has 2 aromatic rings. The normalized spacial score (nSPS) is 24.9. The summed E-state index contributed by atoms with van der Waals surface area (Å²) in [4.78, 5) is 14.9. The number of rotatable bonds is 5. The van der Waals surface area contributed by atoms with Gasteiger partial charge in [0, 0.05) is 43.9 Å². The SMILES string of the molecule is OCCC1CCN(C(c2cc3ncncc3s2)N2CCOC(Cl)C2)CC1. The van der Waals surface area contributed by atoms with E-state index in [0.29, 0.717) is 19.1 Å². The fourth-order valence-corrected chi connectivity index (χ4v) is 5.46. The summed E-state index contributed by atoms with van der Waals surface area (Å²) in [5.74, 6) is 0.635. The van der Waals surface area contributed by atoms with Crippen LogP contribution in [0.25, 0.3) is 10.2 Å². The van der Waals surface area contributed by atoms with Gasteiger partial charge in [0.1, 0.15) is 11.9 Å². The zero-order chi connectivity index (χ0) is 17.9. The molecule has 142 valence electrons. The molecule has 1 N–H and O–H groups in total. The highest BCUT2D eigenvalue weighted by Gasteiger charge is 2.34. The van der Waals surface area contributed by atoms with Crippen molar-refractivity contribution in [3.63, 3.8) is 0 Å². The fourth-order valence-electron chi connectivity index (χ4n) is 4.04. The van der Waals surface area contributed by atoms with Gasteiger partial charge in [-0.2, -0.15) is 0 Å². The van der Waals surface area contributed by atoms with Crippen LogP contribution < -0.4 is 0 Å². The van der Waals surface area contributed by atoms with Crippen molar-refractivity contribution in [2.75, 3.05) is 39.4 Å². The van der Waals surface area contributed by atoms with Crippen LogP contribution in [0, 0.1) is 5.92 Å². The van der Waals surface area contributed by atoms with Gasteiger partial charge in [-0.05, 0) is 31.2 Å². The second-order valence-corrected chi connectivity index (χ2v) is 8.66. The minimum Gasteiger partial charge on any atom is -0.396 e. The van der Waals surface area contributed by atoms with Crippen molar-refractivity contribution in [3.05, 3.63) is 23.5 Å². The predicted octanol–water partition coefficient (Wildman–Crippen LogP) is 2.68. The van der Waals surface area contributed by atoms with Crippen molar-refractivity contribution in [1.82, 2.24) is 19.8 Å². The van der Waals surface area contributed by atoms with E-state index >= 15 is 0 Å². The molecule has 0 aliphatic carbocycles. The summed E-state index contributed by atoms with van der Waals surface area (Å²) < 4.78 is 6.67. The van der Waals surface area contributed by atoms with Crippen LogP contribution in [0.5, 0.6) is 0 Å². The molecule has 2 unspecified atom stereocenters. The van der Waals surface area contributed by atoms with Crippen LogP contribution in [-0.4, -0.2) is 69.8 Å². The smallest absolute Gasteiger partial charge is 0.143 e. The zero-order valence-electron chi connectivity index (χ0n) is 14.8. The van der Waals surface area contributed by atoms with Crippen molar-refractivity contribution in [3.8, 4) is 0 Å². The molecule has 2 fully saturated rings. The third-order valence-corrected chi connectivity index (χ3v) is 6.77. The minimum atomic E-state index is -0.257. The summed E-state index contributed by atoms with van der Waals surface area (Å²) >= 11 is 8.07. The number of morpholine rings is 1. The first-order valence-electron chi connectivity index (χ1n) is 9.28. The van der Waals surface area contributed by atoms with Crippen LogP contribution >= 0.6 is 22.9 Å². The van der Waals surface area contributed by atoms with Crippen LogP contribution in [0.4, 0.5) is 0 Å². The molecule has 0 amide bonds. The number of aromatic nitrogens is 2. The van der Waals surface area contributed by atoms with Gasteiger partial charge in [0.2, 0.25) is 0 Å². The molecule has 0 radical (unpaired) electrons. The molecule has 2 aromatic heterocycles. The van der Waals surface area contributed by atoms with Crippen molar-refractivity contribution >= 4 is 33.2 Å². The maximum atomic E-state index is 9.22. The van der Waals surface area contributed by atoms with Gasteiger partial charge in [-0.15, -0.1) is 11.3 Å². The highest BCUT2D eigenvalue weighted by Crippen LogP contribution is 2.37. The van der Waals surface area contributed by atoms with Crippen LogP contribution in [-0.2, 0) is 4.74 Å². The second kappa shape index (κ2) is 8.46. The molecule has 0 bridgehead atoms. The van der Waals surface area contributed by atoms with E-state index in [4.69, 9.17) is 16.3 Å². The Hall–Kier alpha value is -0.830. The molecule has 2 aliphatic rings. The average molecular weight is 397 g/mol. The van der Waals surface area contributed by atoms with E-state index < -0.39 is 0 Å². The highest BCUT2D eigenvalue weighted by atomic mass is 35.5. The third kappa shape index (κ3) is 4.03. The van der Waals surface area contributed by atoms with Gasteiger partial charge in [-0.1, -0.05) is 11.6 Å². The molecule has 0 aromatic carbocycles. The van der Waals surface area contributed by atoms with Gasteiger partial charge in [-0.25, -0.2) is 9.97 Å².